The highest BCUT2D eigenvalue weighted by Crippen LogP contribution is 2.35. The SMILES string of the molecule is [B]C(=O)NC(=N)c1ccccc1-c1ccc(Cn2c(CCCC)nn(-c3ccc4c(c3)CC(C)(C)O4)c2=O)cc1. The smallest absolute Gasteiger partial charge is 0.351 e. The molecule has 1 amide bonds. The fourth-order valence-corrected chi connectivity index (χ4v) is 5.13. The molecule has 2 radical (unpaired) electrons. The number of fused-ring (bicyclic) bond motifs is 1. The lowest BCUT2D eigenvalue weighted by molar-refractivity contribution is 0.138. The molecule has 202 valence electrons. The predicted octanol–water partition coefficient (Wildman–Crippen LogP) is 5.01. The molecule has 8 nitrogen and oxygen atoms in total. The predicted molar refractivity (Wildman–Crippen MR) is 157 cm³/mol. The summed E-state index contributed by atoms with van der Waals surface area (Å²) in [6.45, 7) is 6.63. The number of hydrogen-bond donors (Lipinski definition) is 2. The number of unbranched alkanes of at least 4 members (excludes halogenated alkanes) is 1. The van der Waals surface area contributed by atoms with E-state index in [1.54, 1.807) is 16.7 Å². The van der Waals surface area contributed by atoms with E-state index in [0.29, 0.717) is 18.5 Å². The van der Waals surface area contributed by atoms with Crippen molar-refractivity contribution in [3.8, 4) is 22.6 Å². The van der Waals surface area contributed by atoms with Gasteiger partial charge in [0.1, 0.15) is 23.0 Å². The Balaban J connectivity index is 1.44. The summed E-state index contributed by atoms with van der Waals surface area (Å²) in [4.78, 5) is 24.9. The Labute approximate surface area is 234 Å². The number of nitrogens with zero attached hydrogens (tertiary/aromatic N) is 3. The summed E-state index contributed by atoms with van der Waals surface area (Å²) in [5.74, 6) is 0.768. The van der Waals surface area contributed by atoms with Gasteiger partial charge in [-0.25, -0.2) is 4.79 Å². The van der Waals surface area contributed by atoms with E-state index in [1.807, 2.05) is 54.6 Å². The van der Waals surface area contributed by atoms with E-state index in [-0.39, 0.29) is 17.1 Å². The Hall–Kier alpha value is -4.40. The molecule has 1 aromatic heterocycles. The molecule has 0 fully saturated rings. The number of carbonyl (C=O) groups excluding carboxylic acids is 1. The number of aryl methyl sites for hydroxylation is 1. The van der Waals surface area contributed by atoms with E-state index in [4.69, 9.17) is 23.1 Å². The van der Waals surface area contributed by atoms with Crippen molar-refractivity contribution in [2.24, 2.45) is 0 Å². The summed E-state index contributed by atoms with van der Waals surface area (Å²) in [6, 6.07) is 21.0. The normalized spacial score (nSPS) is 13.5. The zero-order chi connectivity index (χ0) is 28.4. The van der Waals surface area contributed by atoms with Crippen LogP contribution in [-0.2, 0) is 19.4 Å². The largest absolute Gasteiger partial charge is 0.487 e. The van der Waals surface area contributed by atoms with Crippen LogP contribution in [0.5, 0.6) is 5.75 Å². The van der Waals surface area contributed by atoms with Gasteiger partial charge in [0.05, 0.1) is 12.2 Å². The maximum Gasteiger partial charge on any atom is 0.351 e. The molecule has 0 atom stereocenters. The van der Waals surface area contributed by atoms with Gasteiger partial charge < -0.3 is 10.1 Å². The van der Waals surface area contributed by atoms with Crippen LogP contribution in [0, 0.1) is 5.41 Å². The van der Waals surface area contributed by atoms with Crippen molar-refractivity contribution in [3.05, 3.63) is 99.7 Å². The Morgan fingerprint density at radius 1 is 1.12 bits per heavy atom. The summed E-state index contributed by atoms with van der Waals surface area (Å²) >= 11 is 0. The first kappa shape index (κ1) is 27.2. The third kappa shape index (κ3) is 5.64. The summed E-state index contributed by atoms with van der Waals surface area (Å²) < 4.78 is 9.25. The minimum Gasteiger partial charge on any atom is -0.487 e. The number of amidine groups is 1. The molecule has 0 aliphatic carbocycles. The fraction of sp³-hybridized carbons (Fsp3) is 0.290. The molecule has 40 heavy (non-hydrogen) atoms. The number of benzene rings is 3. The maximum absolute atomic E-state index is 13.6. The van der Waals surface area contributed by atoms with Crippen molar-refractivity contribution < 1.29 is 9.53 Å². The van der Waals surface area contributed by atoms with Crippen LogP contribution >= 0.6 is 0 Å². The van der Waals surface area contributed by atoms with Crippen LogP contribution in [0.25, 0.3) is 16.8 Å². The van der Waals surface area contributed by atoms with Crippen LogP contribution in [0.15, 0.2) is 71.5 Å². The van der Waals surface area contributed by atoms with E-state index >= 15 is 0 Å². The number of carbonyl (C=O) groups is 1. The average molecular weight is 533 g/mol. The molecule has 0 saturated carbocycles. The Morgan fingerprint density at radius 2 is 1.88 bits per heavy atom. The molecule has 1 aliphatic rings. The highest BCUT2D eigenvalue weighted by Gasteiger charge is 2.30. The monoisotopic (exact) mass is 533 g/mol. The van der Waals surface area contributed by atoms with Crippen LogP contribution in [0.3, 0.4) is 0 Å². The van der Waals surface area contributed by atoms with Crippen molar-refractivity contribution in [2.45, 2.75) is 58.6 Å². The van der Waals surface area contributed by atoms with Gasteiger partial charge in [0.15, 0.2) is 5.81 Å². The van der Waals surface area contributed by atoms with E-state index in [2.05, 4.69) is 26.1 Å². The van der Waals surface area contributed by atoms with Gasteiger partial charge in [-0.15, -0.1) is 5.10 Å². The number of rotatable bonds is 8. The van der Waals surface area contributed by atoms with Crippen molar-refractivity contribution in [3.63, 3.8) is 0 Å². The van der Waals surface area contributed by atoms with Crippen molar-refractivity contribution in [2.75, 3.05) is 0 Å². The molecule has 0 spiro atoms. The zero-order valence-corrected chi connectivity index (χ0v) is 23.0. The maximum atomic E-state index is 13.6. The van der Waals surface area contributed by atoms with Gasteiger partial charge in [-0.1, -0.05) is 61.9 Å². The molecule has 0 bridgehead atoms. The number of ether oxygens (including phenoxy) is 1. The molecule has 5 rings (SSSR count). The molecule has 2 heterocycles. The zero-order valence-electron chi connectivity index (χ0n) is 23.0. The van der Waals surface area contributed by atoms with Crippen molar-refractivity contribution in [1.29, 1.82) is 5.41 Å². The van der Waals surface area contributed by atoms with E-state index in [9.17, 15) is 9.59 Å². The minimum atomic E-state index is -0.780. The van der Waals surface area contributed by atoms with Gasteiger partial charge in [0.2, 0.25) is 7.85 Å². The quantitative estimate of drug-likeness (QED) is 0.189. The number of amides is 1. The van der Waals surface area contributed by atoms with Gasteiger partial charge in [0, 0.05) is 24.0 Å². The minimum absolute atomic E-state index is 0.0617. The number of aromatic nitrogens is 3. The molecule has 4 aromatic rings. The molecule has 2 N–H and O–H groups in total. The van der Waals surface area contributed by atoms with Gasteiger partial charge in [-0.05, 0) is 55.2 Å². The van der Waals surface area contributed by atoms with Crippen LogP contribution in [0.2, 0.25) is 0 Å². The van der Waals surface area contributed by atoms with Crippen molar-refractivity contribution >= 4 is 19.5 Å². The summed E-state index contributed by atoms with van der Waals surface area (Å²) in [5, 5.41) is 15.3. The summed E-state index contributed by atoms with van der Waals surface area (Å²) in [7, 11) is 5.21. The second-order valence-electron chi connectivity index (χ2n) is 10.7. The van der Waals surface area contributed by atoms with Crippen LogP contribution < -0.4 is 15.7 Å². The molecule has 0 unspecified atom stereocenters. The van der Waals surface area contributed by atoms with E-state index < -0.39 is 5.81 Å². The lowest BCUT2D eigenvalue weighted by Gasteiger charge is -2.16. The Kier molecular flexibility index (Phi) is 7.47. The standard InChI is InChI=1S/C31H32BN5O3/c1-4-5-10-27-35-37(23-15-16-26-22(17-23)18-31(2,3)40-26)30(39)36(27)19-20-11-13-21(14-12-20)24-8-6-7-9-25(24)28(33)34-29(32)38/h6-9,11-17H,4-5,10,18-19H2,1-3H3,(H2,33,34,38). The Bertz CT molecular complexity index is 1640. The first-order valence-corrected chi connectivity index (χ1v) is 13.5. The molecule has 1 aliphatic heterocycles. The Morgan fingerprint density at radius 3 is 2.60 bits per heavy atom. The highest BCUT2D eigenvalue weighted by molar-refractivity contribution is 6.58. The first-order chi connectivity index (χ1) is 19.1. The lowest BCUT2D eigenvalue weighted by Crippen LogP contribution is -2.29. The van der Waals surface area contributed by atoms with Crippen LogP contribution in [0.1, 0.15) is 56.1 Å². The second-order valence-corrected chi connectivity index (χ2v) is 10.7. The molecular formula is C31H32BN5O3. The van der Waals surface area contributed by atoms with Gasteiger partial charge in [-0.2, -0.15) is 4.68 Å². The molecular weight excluding hydrogens is 501 g/mol. The fourth-order valence-electron chi connectivity index (χ4n) is 5.13. The van der Waals surface area contributed by atoms with Gasteiger partial charge in [-0.3, -0.25) is 14.8 Å². The lowest BCUT2D eigenvalue weighted by atomic mass is 9.97. The second kappa shape index (κ2) is 11.0. The molecule has 0 saturated heterocycles. The third-order valence-electron chi connectivity index (χ3n) is 7.03. The molecule has 3 aromatic carbocycles. The first-order valence-electron chi connectivity index (χ1n) is 13.5. The summed E-state index contributed by atoms with van der Waals surface area (Å²) in [6.07, 6.45) is 3.42. The summed E-state index contributed by atoms with van der Waals surface area (Å²) in [5.41, 5.74) is 4.58. The number of nitrogens with one attached hydrogen (secondary N) is 2. The third-order valence-corrected chi connectivity index (χ3v) is 7.03. The van der Waals surface area contributed by atoms with Gasteiger partial charge >= 0.3 is 5.69 Å². The van der Waals surface area contributed by atoms with E-state index in [1.165, 1.54) is 4.68 Å². The van der Waals surface area contributed by atoms with Gasteiger partial charge in [0.25, 0.3) is 0 Å². The number of hydrogen-bond acceptors (Lipinski definition) is 5. The topological polar surface area (TPSA) is 102 Å². The van der Waals surface area contributed by atoms with Crippen molar-refractivity contribution in [1.82, 2.24) is 19.7 Å². The highest BCUT2D eigenvalue weighted by atomic mass is 16.5. The molecule has 9 heteroatoms. The van der Waals surface area contributed by atoms with Crippen LogP contribution in [0.4, 0.5) is 4.79 Å². The average Bonchev–Trinajstić information content (AvgIpc) is 3.41. The van der Waals surface area contributed by atoms with Crippen LogP contribution in [-0.4, -0.2) is 39.4 Å². The van der Waals surface area contributed by atoms with E-state index in [0.717, 1.165) is 58.8 Å².